The molecular weight excluding hydrogens is 294 g/mol. The zero-order chi connectivity index (χ0) is 16.2. The van der Waals surface area contributed by atoms with Crippen molar-refractivity contribution in [3.8, 4) is 0 Å². The zero-order valence-electron chi connectivity index (χ0n) is 13.1. The van der Waals surface area contributed by atoms with Crippen LogP contribution in [0.3, 0.4) is 0 Å². The van der Waals surface area contributed by atoms with Gasteiger partial charge in [0.15, 0.2) is 0 Å². The Kier molecular flexibility index (Phi) is 4.81. The van der Waals surface area contributed by atoms with E-state index in [9.17, 15) is 9.59 Å². The minimum atomic E-state index is -0.349. The fourth-order valence-corrected chi connectivity index (χ4v) is 3.38. The largest absolute Gasteiger partial charge is 0.381 e. The smallest absolute Gasteiger partial charge is 0.317 e. The van der Waals surface area contributed by atoms with Gasteiger partial charge < -0.3 is 20.7 Å². The third-order valence-corrected chi connectivity index (χ3v) is 4.77. The van der Waals surface area contributed by atoms with E-state index in [4.69, 9.17) is 10.5 Å². The molecule has 2 saturated heterocycles. The lowest BCUT2D eigenvalue weighted by Crippen LogP contribution is -2.41. The highest BCUT2D eigenvalue weighted by Crippen LogP contribution is 2.32. The van der Waals surface area contributed by atoms with Crippen molar-refractivity contribution >= 4 is 11.9 Å². The fourth-order valence-electron chi connectivity index (χ4n) is 3.38. The molecule has 2 aliphatic heterocycles. The zero-order valence-corrected chi connectivity index (χ0v) is 13.1. The Balaban J connectivity index is 1.62. The molecule has 0 saturated carbocycles. The number of hydrogen-bond acceptors (Lipinski definition) is 3. The van der Waals surface area contributed by atoms with E-state index in [1.54, 1.807) is 4.90 Å². The summed E-state index contributed by atoms with van der Waals surface area (Å²) in [7, 11) is 0. The maximum atomic E-state index is 12.4. The summed E-state index contributed by atoms with van der Waals surface area (Å²) in [6.07, 6.45) is 0.983. The molecule has 2 fully saturated rings. The van der Waals surface area contributed by atoms with Crippen molar-refractivity contribution in [2.75, 3.05) is 32.8 Å². The van der Waals surface area contributed by atoms with Gasteiger partial charge >= 0.3 is 6.03 Å². The number of primary amides is 1. The second-order valence-corrected chi connectivity index (χ2v) is 6.35. The van der Waals surface area contributed by atoms with Crippen LogP contribution in [0.5, 0.6) is 0 Å². The molecule has 1 unspecified atom stereocenters. The summed E-state index contributed by atoms with van der Waals surface area (Å²) >= 11 is 0. The first-order valence-corrected chi connectivity index (χ1v) is 8.10. The standard InChI is InChI=1S/C17H23N3O3/c18-16(21)15-10-20(9-14(15)13-4-2-1-3-5-13)17(22)19-8-12-6-7-23-11-12/h1-5,12,14-15H,6-11H2,(H2,18,21)(H,19,22)/t12?,14-,15+/m0/s1. The molecule has 6 nitrogen and oxygen atoms in total. The summed E-state index contributed by atoms with van der Waals surface area (Å²) in [5.41, 5.74) is 6.60. The van der Waals surface area contributed by atoms with E-state index < -0.39 is 0 Å². The first-order chi connectivity index (χ1) is 11.1. The van der Waals surface area contributed by atoms with Crippen LogP contribution in [0.15, 0.2) is 30.3 Å². The summed E-state index contributed by atoms with van der Waals surface area (Å²) in [6, 6.07) is 9.66. The molecule has 0 aromatic heterocycles. The Labute approximate surface area is 136 Å². The second kappa shape index (κ2) is 7.00. The van der Waals surface area contributed by atoms with Gasteiger partial charge in [-0.25, -0.2) is 4.79 Å². The van der Waals surface area contributed by atoms with Crippen molar-refractivity contribution in [1.82, 2.24) is 10.2 Å². The number of benzene rings is 1. The van der Waals surface area contributed by atoms with E-state index in [1.807, 2.05) is 30.3 Å². The highest BCUT2D eigenvalue weighted by molar-refractivity contribution is 5.81. The van der Waals surface area contributed by atoms with E-state index in [0.717, 1.165) is 18.6 Å². The van der Waals surface area contributed by atoms with Gasteiger partial charge in [-0.05, 0) is 12.0 Å². The third-order valence-electron chi connectivity index (χ3n) is 4.77. The van der Waals surface area contributed by atoms with Crippen LogP contribution in [0.2, 0.25) is 0 Å². The fraction of sp³-hybridized carbons (Fsp3) is 0.529. The summed E-state index contributed by atoms with van der Waals surface area (Å²) < 4.78 is 5.31. The number of carbonyl (C=O) groups excluding carboxylic acids is 2. The summed E-state index contributed by atoms with van der Waals surface area (Å²) in [5, 5.41) is 2.95. The Hall–Kier alpha value is -2.08. The molecule has 124 valence electrons. The van der Waals surface area contributed by atoms with E-state index in [0.29, 0.717) is 32.2 Å². The average Bonchev–Trinajstić information content (AvgIpc) is 3.23. The second-order valence-electron chi connectivity index (χ2n) is 6.35. The monoisotopic (exact) mass is 317 g/mol. The van der Waals surface area contributed by atoms with Crippen molar-refractivity contribution in [2.24, 2.45) is 17.6 Å². The summed E-state index contributed by atoms with van der Waals surface area (Å²) in [5.74, 6) is -0.330. The van der Waals surface area contributed by atoms with Gasteiger partial charge in [0.2, 0.25) is 5.91 Å². The van der Waals surface area contributed by atoms with Crippen LogP contribution in [0, 0.1) is 11.8 Å². The molecule has 2 aliphatic rings. The van der Waals surface area contributed by atoms with Crippen molar-refractivity contribution in [3.05, 3.63) is 35.9 Å². The van der Waals surface area contributed by atoms with E-state index in [-0.39, 0.29) is 23.8 Å². The first kappa shape index (κ1) is 15.8. The average molecular weight is 317 g/mol. The van der Waals surface area contributed by atoms with Crippen LogP contribution in [0.1, 0.15) is 17.9 Å². The Morgan fingerprint density at radius 1 is 1.26 bits per heavy atom. The first-order valence-electron chi connectivity index (χ1n) is 8.10. The Bertz CT molecular complexity index is 557. The van der Waals surface area contributed by atoms with E-state index in [1.165, 1.54) is 0 Å². The summed E-state index contributed by atoms with van der Waals surface area (Å²) in [6.45, 7) is 2.99. The topological polar surface area (TPSA) is 84.7 Å². The predicted octanol–water partition coefficient (Wildman–Crippen LogP) is 0.933. The SMILES string of the molecule is NC(=O)[C@@H]1CN(C(=O)NCC2CCOC2)C[C@H]1c1ccccc1. The molecule has 1 aromatic rings. The molecule has 1 aromatic carbocycles. The van der Waals surface area contributed by atoms with Crippen LogP contribution in [0.4, 0.5) is 4.79 Å². The molecule has 23 heavy (non-hydrogen) atoms. The number of nitrogens with one attached hydrogen (secondary N) is 1. The van der Waals surface area contributed by atoms with Crippen molar-refractivity contribution < 1.29 is 14.3 Å². The van der Waals surface area contributed by atoms with Crippen molar-refractivity contribution in [2.45, 2.75) is 12.3 Å². The lowest BCUT2D eigenvalue weighted by molar-refractivity contribution is -0.121. The summed E-state index contributed by atoms with van der Waals surface area (Å²) in [4.78, 5) is 25.8. The number of amides is 3. The molecular formula is C17H23N3O3. The Morgan fingerprint density at radius 2 is 2.04 bits per heavy atom. The highest BCUT2D eigenvalue weighted by Gasteiger charge is 2.39. The molecule has 0 aliphatic carbocycles. The van der Waals surface area contributed by atoms with Crippen LogP contribution in [-0.2, 0) is 9.53 Å². The Morgan fingerprint density at radius 3 is 2.70 bits per heavy atom. The van der Waals surface area contributed by atoms with Gasteiger partial charge in [0, 0.05) is 38.1 Å². The van der Waals surface area contributed by atoms with Crippen molar-refractivity contribution in [3.63, 3.8) is 0 Å². The van der Waals surface area contributed by atoms with Gasteiger partial charge in [0.05, 0.1) is 12.5 Å². The van der Waals surface area contributed by atoms with Crippen LogP contribution < -0.4 is 11.1 Å². The molecule has 2 heterocycles. The number of hydrogen-bond donors (Lipinski definition) is 2. The molecule has 0 bridgehead atoms. The number of carbonyl (C=O) groups is 2. The third kappa shape index (κ3) is 3.64. The minimum absolute atomic E-state index is 0.0331. The molecule has 3 amide bonds. The highest BCUT2D eigenvalue weighted by atomic mass is 16.5. The number of rotatable bonds is 4. The number of ether oxygens (including phenoxy) is 1. The van der Waals surface area contributed by atoms with Crippen LogP contribution in [-0.4, -0.2) is 49.7 Å². The predicted molar refractivity (Wildman–Crippen MR) is 85.8 cm³/mol. The van der Waals surface area contributed by atoms with Gasteiger partial charge in [0.25, 0.3) is 0 Å². The number of nitrogens with zero attached hydrogens (tertiary/aromatic N) is 1. The van der Waals surface area contributed by atoms with Gasteiger partial charge in [-0.15, -0.1) is 0 Å². The number of urea groups is 1. The number of nitrogens with two attached hydrogens (primary N) is 1. The molecule has 0 spiro atoms. The van der Waals surface area contributed by atoms with Gasteiger partial charge in [-0.2, -0.15) is 0 Å². The lowest BCUT2D eigenvalue weighted by Gasteiger charge is -2.18. The molecule has 3 atom stereocenters. The quantitative estimate of drug-likeness (QED) is 0.866. The molecule has 6 heteroatoms. The maximum absolute atomic E-state index is 12.4. The van der Waals surface area contributed by atoms with Gasteiger partial charge in [-0.1, -0.05) is 30.3 Å². The molecule has 0 radical (unpaired) electrons. The van der Waals surface area contributed by atoms with Crippen LogP contribution >= 0.6 is 0 Å². The molecule has 3 N–H and O–H groups in total. The van der Waals surface area contributed by atoms with E-state index >= 15 is 0 Å². The molecule has 3 rings (SSSR count). The van der Waals surface area contributed by atoms with Crippen LogP contribution in [0.25, 0.3) is 0 Å². The van der Waals surface area contributed by atoms with Gasteiger partial charge in [-0.3, -0.25) is 4.79 Å². The number of likely N-dealkylation sites (tertiary alicyclic amines) is 1. The van der Waals surface area contributed by atoms with Gasteiger partial charge in [0.1, 0.15) is 0 Å². The lowest BCUT2D eigenvalue weighted by atomic mass is 9.89. The normalized spacial score (nSPS) is 27.1. The van der Waals surface area contributed by atoms with Crippen molar-refractivity contribution in [1.29, 1.82) is 0 Å². The minimum Gasteiger partial charge on any atom is -0.381 e. The maximum Gasteiger partial charge on any atom is 0.317 e. The van der Waals surface area contributed by atoms with E-state index in [2.05, 4.69) is 5.32 Å².